The lowest BCUT2D eigenvalue weighted by Crippen LogP contribution is -2.09. The van der Waals surface area contributed by atoms with E-state index in [1.54, 1.807) is 0 Å². The van der Waals surface area contributed by atoms with E-state index in [0.717, 1.165) is 0 Å². The number of carbonyl (C=O) groups is 1. The molecule has 0 heterocycles. The summed E-state index contributed by atoms with van der Waals surface area (Å²) < 4.78 is 83.9. The van der Waals surface area contributed by atoms with E-state index in [0.29, 0.717) is 0 Å². The average molecular weight is 289 g/mol. The van der Waals surface area contributed by atoms with Gasteiger partial charge in [-0.2, -0.15) is 13.2 Å². The molecule has 0 atom stereocenters. The Labute approximate surface area is 101 Å². The Balaban J connectivity index is 3.61. The third-order valence-electron chi connectivity index (χ3n) is 1.35. The highest BCUT2D eigenvalue weighted by atomic mass is 79.9. The van der Waals surface area contributed by atoms with Crippen molar-refractivity contribution in [3.63, 3.8) is 0 Å². The van der Waals surface area contributed by atoms with Gasteiger partial charge in [-0.05, 0) is 34.1 Å². The number of carbonyl (C=O) groups excluding carboxylic acids is 1. The van der Waals surface area contributed by atoms with E-state index >= 15 is 0 Å². The van der Waals surface area contributed by atoms with Crippen LogP contribution in [0.3, 0.4) is 0 Å². The van der Waals surface area contributed by atoms with Crippen LogP contribution in [0.2, 0.25) is 0 Å². The minimum atomic E-state index is -5.15. The lowest BCUT2D eigenvalue weighted by atomic mass is 10.1. The molecule has 0 N–H and O–H groups in total. The molecule has 1 rings (SSSR count). The zero-order chi connectivity index (χ0) is 16.7. The standard InChI is InChI=1S/C9H6BrF3O2/c1-15-8(14)6-4-5(9(11,12)13)2-3-7(6)10/h2-4H,1H3/i1D3,2D,3D,4D. The summed E-state index contributed by atoms with van der Waals surface area (Å²) in [6, 6.07) is -3.73. The summed E-state index contributed by atoms with van der Waals surface area (Å²) in [4.78, 5) is 11.6. The predicted molar refractivity (Wildman–Crippen MR) is 50.5 cm³/mol. The highest BCUT2D eigenvalue weighted by molar-refractivity contribution is 9.10. The van der Waals surface area contributed by atoms with E-state index in [1.807, 2.05) is 0 Å². The molecular formula is C9H6BrF3O2. The largest absolute Gasteiger partial charge is 0.465 e. The molecule has 0 saturated carbocycles. The number of alkyl halides is 3. The summed E-state index contributed by atoms with van der Waals surface area (Å²) in [7, 11) is -3.22. The van der Waals surface area contributed by atoms with Gasteiger partial charge in [0.1, 0.15) is 0 Å². The molecular weight excluding hydrogens is 277 g/mol. The smallest absolute Gasteiger partial charge is 0.416 e. The zero-order valence-electron chi connectivity index (χ0n) is 12.8. The molecule has 1 aromatic carbocycles. The van der Waals surface area contributed by atoms with Crippen molar-refractivity contribution in [3.05, 3.63) is 33.7 Å². The van der Waals surface area contributed by atoms with Crippen molar-refractivity contribution in [1.82, 2.24) is 0 Å². The third-order valence-corrected chi connectivity index (χ3v) is 1.94. The molecule has 0 radical (unpaired) electrons. The molecule has 0 aromatic heterocycles. The lowest BCUT2D eigenvalue weighted by Gasteiger charge is -2.09. The van der Waals surface area contributed by atoms with Crippen LogP contribution < -0.4 is 0 Å². The molecule has 2 nitrogen and oxygen atoms in total. The summed E-state index contributed by atoms with van der Waals surface area (Å²) in [5.41, 5.74) is -2.88. The van der Waals surface area contributed by atoms with Crippen LogP contribution in [-0.2, 0) is 10.9 Å². The van der Waals surface area contributed by atoms with Crippen molar-refractivity contribution in [3.8, 4) is 0 Å². The van der Waals surface area contributed by atoms with Gasteiger partial charge >= 0.3 is 12.1 Å². The highest BCUT2D eigenvalue weighted by Gasteiger charge is 2.31. The van der Waals surface area contributed by atoms with Crippen molar-refractivity contribution >= 4 is 21.9 Å². The van der Waals surface area contributed by atoms with E-state index in [9.17, 15) is 18.0 Å². The topological polar surface area (TPSA) is 26.3 Å². The Morgan fingerprint density at radius 1 is 1.60 bits per heavy atom. The van der Waals surface area contributed by atoms with Gasteiger partial charge in [0.25, 0.3) is 0 Å². The second kappa shape index (κ2) is 4.22. The first kappa shape index (κ1) is 5.89. The zero-order valence-corrected chi connectivity index (χ0v) is 8.41. The number of halogens is 4. The second-order valence-corrected chi connectivity index (χ2v) is 3.12. The van der Waals surface area contributed by atoms with Crippen LogP contribution >= 0.6 is 15.9 Å². The van der Waals surface area contributed by atoms with Gasteiger partial charge in [0.05, 0.1) is 26.4 Å². The van der Waals surface area contributed by atoms with Crippen molar-refractivity contribution < 1.29 is 30.9 Å². The Morgan fingerprint density at radius 3 is 2.80 bits per heavy atom. The normalized spacial score (nSPS) is 17.9. The second-order valence-electron chi connectivity index (χ2n) is 2.33. The van der Waals surface area contributed by atoms with Crippen LogP contribution in [0, 0.1) is 0 Å². The number of hydrogen-bond acceptors (Lipinski definition) is 2. The number of rotatable bonds is 1. The van der Waals surface area contributed by atoms with Crippen molar-refractivity contribution in [2.24, 2.45) is 0 Å². The summed E-state index contributed by atoms with van der Waals surface area (Å²) >= 11 is 2.61. The van der Waals surface area contributed by atoms with Crippen LogP contribution in [0.25, 0.3) is 0 Å². The van der Waals surface area contributed by atoms with Crippen LogP contribution in [0.4, 0.5) is 13.2 Å². The fraction of sp³-hybridized carbons (Fsp3) is 0.222. The van der Waals surface area contributed by atoms with E-state index < -0.39 is 52.9 Å². The van der Waals surface area contributed by atoms with Gasteiger partial charge in [-0.25, -0.2) is 4.79 Å². The van der Waals surface area contributed by atoms with E-state index in [2.05, 4.69) is 20.7 Å². The average Bonchev–Trinajstić information content (AvgIpc) is 2.21. The molecule has 0 aliphatic carbocycles. The van der Waals surface area contributed by atoms with Gasteiger partial charge in [-0.3, -0.25) is 0 Å². The summed E-state index contributed by atoms with van der Waals surface area (Å²) in [5, 5.41) is 0. The number of hydrogen-bond donors (Lipinski definition) is 0. The molecule has 0 aliphatic rings. The third kappa shape index (κ3) is 2.71. The quantitative estimate of drug-likeness (QED) is 0.742. The van der Waals surface area contributed by atoms with Crippen LogP contribution in [0.1, 0.15) is 24.1 Å². The minimum absolute atomic E-state index is 0.611. The minimum Gasteiger partial charge on any atom is -0.465 e. The van der Waals surface area contributed by atoms with E-state index in [1.165, 1.54) is 0 Å². The number of benzene rings is 1. The fourth-order valence-electron chi connectivity index (χ4n) is 0.724. The Kier molecular flexibility index (Phi) is 1.66. The van der Waals surface area contributed by atoms with Crippen molar-refractivity contribution in [2.75, 3.05) is 7.04 Å². The molecule has 0 saturated heterocycles. The summed E-state index contributed by atoms with van der Waals surface area (Å²) in [6.07, 6.45) is -5.15. The molecule has 0 fully saturated rings. The molecule has 6 heteroatoms. The number of ether oxygens (including phenoxy) is 1. The van der Waals surface area contributed by atoms with E-state index in [-0.39, 0.29) is 0 Å². The van der Waals surface area contributed by atoms with Gasteiger partial charge in [-0.1, -0.05) is 0 Å². The maximum atomic E-state index is 12.8. The lowest BCUT2D eigenvalue weighted by molar-refractivity contribution is -0.137. The van der Waals surface area contributed by atoms with Crippen molar-refractivity contribution in [2.45, 2.75) is 6.18 Å². The first-order valence-corrected chi connectivity index (χ1v) is 4.16. The first-order valence-electron chi connectivity index (χ1n) is 6.37. The van der Waals surface area contributed by atoms with Gasteiger partial charge in [-0.15, -0.1) is 0 Å². The maximum Gasteiger partial charge on any atom is 0.416 e. The summed E-state index contributed by atoms with van der Waals surface area (Å²) in [6.45, 7) is 0. The molecule has 1 aromatic rings. The maximum absolute atomic E-state index is 12.8. The van der Waals surface area contributed by atoms with E-state index in [4.69, 9.17) is 8.22 Å². The highest BCUT2D eigenvalue weighted by Crippen LogP contribution is 2.31. The van der Waals surface area contributed by atoms with Gasteiger partial charge < -0.3 is 4.74 Å². The molecule has 0 bridgehead atoms. The number of methoxy groups -OCH3 is 1. The Bertz CT molecular complexity index is 599. The first-order chi connectivity index (χ1) is 9.27. The fourth-order valence-corrected chi connectivity index (χ4v) is 1.08. The Morgan fingerprint density at radius 2 is 2.27 bits per heavy atom. The molecule has 0 aliphatic heterocycles. The molecule has 15 heavy (non-hydrogen) atoms. The van der Waals surface area contributed by atoms with Crippen molar-refractivity contribution in [1.29, 1.82) is 0 Å². The van der Waals surface area contributed by atoms with Crippen LogP contribution in [0.15, 0.2) is 22.6 Å². The molecule has 0 spiro atoms. The van der Waals surface area contributed by atoms with Gasteiger partial charge in [0, 0.05) is 4.47 Å². The number of esters is 1. The molecule has 0 amide bonds. The predicted octanol–water partition coefficient (Wildman–Crippen LogP) is 3.25. The van der Waals surface area contributed by atoms with Crippen LogP contribution in [-0.4, -0.2) is 13.0 Å². The van der Waals surface area contributed by atoms with Gasteiger partial charge in [0.2, 0.25) is 0 Å². The van der Waals surface area contributed by atoms with Crippen LogP contribution in [0.5, 0.6) is 0 Å². The summed E-state index contributed by atoms with van der Waals surface area (Å²) in [5.74, 6) is -1.72. The van der Waals surface area contributed by atoms with Gasteiger partial charge in [0.15, 0.2) is 0 Å². The SMILES string of the molecule is [2H]c1c([2H])c(C(F)(F)F)c([2H])c(C(=O)OC([2H])([2H])[2H])c1Br. The monoisotopic (exact) mass is 288 g/mol. The Hall–Kier alpha value is -1.04. The molecule has 82 valence electrons. The molecule has 0 unspecified atom stereocenters.